The average Bonchev–Trinajstić information content (AvgIpc) is 2.95. The summed E-state index contributed by atoms with van der Waals surface area (Å²) >= 11 is 0. The first-order chi connectivity index (χ1) is 13.8. The van der Waals surface area contributed by atoms with Crippen LogP contribution < -0.4 is 15.6 Å². The van der Waals surface area contributed by atoms with Crippen molar-refractivity contribution in [2.24, 2.45) is 7.05 Å². The van der Waals surface area contributed by atoms with Crippen molar-refractivity contribution in [3.63, 3.8) is 0 Å². The number of carbonyl (C=O) groups is 1. The minimum absolute atomic E-state index is 0.333. The second-order valence-corrected chi connectivity index (χ2v) is 6.79. The Bertz CT molecular complexity index is 1080. The molecule has 1 atom stereocenters. The summed E-state index contributed by atoms with van der Waals surface area (Å²) in [5.74, 6) is 0.395. The van der Waals surface area contributed by atoms with E-state index in [4.69, 9.17) is 4.74 Å². The van der Waals surface area contributed by atoms with Gasteiger partial charge in [-0.3, -0.25) is 14.3 Å². The predicted octanol–water partition coefficient (Wildman–Crippen LogP) is 2.86. The van der Waals surface area contributed by atoms with Gasteiger partial charge in [-0.2, -0.15) is 10.2 Å². The predicted molar refractivity (Wildman–Crippen MR) is 111 cm³/mol. The molecule has 3 rings (SSSR count). The average molecular weight is 395 g/mol. The quantitative estimate of drug-likeness (QED) is 0.693. The molecule has 0 bridgehead atoms. The number of hydrogen-bond donors (Lipinski definition) is 1. The van der Waals surface area contributed by atoms with Gasteiger partial charge in [0, 0.05) is 30.1 Å². The van der Waals surface area contributed by atoms with E-state index in [1.165, 1.54) is 10.7 Å². The van der Waals surface area contributed by atoms with Gasteiger partial charge in [0.1, 0.15) is 11.8 Å². The molecule has 0 spiro atoms. The molecule has 0 saturated heterocycles. The first-order valence-corrected chi connectivity index (χ1v) is 9.46. The lowest BCUT2D eigenvalue weighted by Gasteiger charge is -2.15. The molecular formula is C21H25N5O3. The highest BCUT2D eigenvalue weighted by Gasteiger charge is 2.20. The Morgan fingerprint density at radius 3 is 2.41 bits per heavy atom. The maximum absolute atomic E-state index is 12.7. The zero-order chi connectivity index (χ0) is 21.1. The van der Waals surface area contributed by atoms with Crippen molar-refractivity contribution >= 4 is 11.6 Å². The molecule has 8 heteroatoms. The molecule has 0 radical (unpaired) electrons. The van der Waals surface area contributed by atoms with E-state index < -0.39 is 6.04 Å². The van der Waals surface area contributed by atoms with E-state index >= 15 is 0 Å². The maximum atomic E-state index is 12.7. The van der Waals surface area contributed by atoms with Gasteiger partial charge in [-0.05, 0) is 58.0 Å². The van der Waals surface area contributed by atoms with E-state index in [0.717, 1.165) is 22.7 Å². The van der Waals surface area contributed by atoms with Crippen LogP contribution >= 0.6 is 0 Å². The number of nitrogens with one attached hydrogen (secondary N) is 1. The van der Waals surface area contributed by atoms with Crippen LogP contribution in [0.5, 0.6) is 5.75 Å². The monoisotopic (exact) mass is 395 g/mol. The highest BCUT2D eigenvalue weighted by atomic mass is 16.5. The van der Waals surface area contributed by atoms with Crippen LogP contribution in [0, 0.1) is 13.8 Å². The van der Waals surface area contributed by atoms with Crippen molar-refractivity contribution < 1.29 is 9.53 Å². The van der Waals surface area contributed by atoms with Gasteiger partial charge in [-0.25, -0.2) is 4.68 Å². The Morgan fingerprint density at radius 2 is 1.83 bits per heavy atom. The fourth-order valence-corrected chi connectivity index (χ4v) is 3.14. The highest BCUT2D eigenvalue weighted by Crippen LogP contribution is 2.24. The van der Waals surface area contributed by atoms with Crippen LogP contribution in [-0.2, 0) is 11.8 Å². The molecule has 2 aromatic heterocycles. The number of anilines is 1. The van der Waals surface area contributed by atoms with Crippen molar-refractivity contribution in [3.05, 3.63) is 58.1 Å². The molecule has 8 nitrogen and oxygen atoms in total. The fraction of sp³-hybridized carbons (Fsp3) is 0.333. The summed E-state index contributed by atoms with van der Waals surface area (Å²) in [6.45, 7) is 7.95. The van der Waals surface area contributed by atoms with Crippen molar-refractivity contribution in [1.82, 2.24) is 19.6 Å². The summed E-state index contributed by atoms with van der Waals surface area (Å²) in [4.78, 5) is 25.1. The van der Waals surface area contributed by atoms with Crippen molar-refractivity contribution in [2.75, 3.05) is 11.9 Å². The summed E-state index contributed by atoms with van der Waals surface area (Å²) in [6, 6.07) is 9.37. The first kappa shape index (κ1) is 20.3. The third-order valence-electron chi connectivity index (χ3n) is 4.77. The number of aryl methyl sites for hydroxylation is 2. The van der Waals surface area contributed by atoms with Crippen LogP contribution in [0.1, 0.15) is 31.3 Å². The second-order valence-electron chi connectivity index (χ2n) is 6.79. The molecule has 29 heavy (non-hydrogen) atoms. The number of carbonyl (C=O) groups excluding carboxylic acids is 1. The lowest BCUT2D eigenvalue weighted by Crippen LogP contribution is -2.33. The molecule has 0 fully saturated rings. The molecule has 3 aromatic rings. The number of nitrogens with zero attached hydrogens (tertiary/aromatic N) is 4. The molecule has 1 N–H and O–H groups in total. The van der Waals surface area contributed by atoms with Crippen molar-refractivity contribution in [3.8, 4) is 17.0 Å². The molecule has 2 heterocycles. The standard InChI is InChI=1S/C21H25N5O3/c1-6-29-17-9-7-16(8-10-17)22-21(28)15(4)26-19(27)12-11-18(24-26)20-13(2)23-25(5)14(20)3/h7-12,15H,6H2,1-5H3,(H,22,28). The van der Waals surface area contributed by atoms with Gasteiger partial charge in [0.25, 0.3) is 5.56 Å². The summed E-state index contributed by atoms with van der Waals surface area (Å²) < 4.78 is 8.37. The van der Waals surface area contributed by atoms with Gasteiger partial charge in [-0.1, -0.05) is 0 Å². The fourth-order valence-electron chi connectivity index (χ4n) is 3.14. The number of hydrogen-bond acceptors (Lipinski definition) is 5. The number of benzene rings is 1. The molecule has 1 aromatic carbocycles. The number of aromatic nitrogens is 4. The molecule has 0 saturated carbocycles. The normalized spacial score (nSPS) is 11.9. The number of amides is 1. The van der Waals surface area contributed by atoms with Gasteiger partial charge < -0.3 is 10.1 Å². The summed E-state index contributed by atoms with van der Waals surface area (Å²) in [7, 11) is 1.86. The van der Waals surface area contributed by atoms with Crippen LogP contribution in [0.2, 0.25) is 0 Å². The molecule has 0 aliphatic carbocycles. The topological polar surface area (TPSA) is 91.0 Å². The van der Waals surface area contributed by atoms with E-state index in [1.54, 1.807) is 41.9 Å². The molecule has 1 amide bonds. The third-order valence-corrected chi connectivity index (χ3v) is 4.77. The highest BCUT2D eigenvalue weighted by molar-refractivity contribution is 5.93. The Balaban J connectivity index is 1.85. The van der Waals surface area contributed by atoms with Crippen LogP contribution in [0.4, 0.5) is 5.69 Å². The van der Waals surface area contributed by atoms with Crippen molar-refractivity contribution in [2.45, 2.75) is 33.7 Å². The number of rotatable bonds is 6. The van der Waals surface area contributed by atoms with Crippen LogP contribution in [0.15, 0.2) is 41.2 Å². The smallest absolute Gasteiger partial charge is 0.267 e. The molecule has 0 aliphatic rings. The summed E-state index contributed by atoms with van der Waals surface area (Å²) in [6.07, 6.45) is 0. The zero-order valence-corrected chi connectivity index (χ0v) is 17.3. The lowest BCUT2D eigenvalue weighted by atomic mass is 10.1. The zero-order valence-electron chi connectivity index (χ0n) is 17.3. The van der Waals surface area contributed by atoms with E-state index in [0.29, 0.717) is 18.0 Å². The minimum atomic E-state index is -0.786. The third kappa shape index (κ3) is 4.21. The molecule has 152 valence electrons. The molecule has 0 aliphatic heterocycles. The van der Waals surface area contributed by atoms with E-state index in [2.05, 4.69) is 15.5 Å². The van der Waals surface area contributed by atoms with E-state index in [1.807, 2.05) is 27.8 Å². The largest absolute Gasteiger partial charge is 0.494 e. The van der Waals surface area contributed by atoms with Gasteiger partial charge in [0.05, 0.1) is 18.0 Å². The Hall–Kier alpha value is -3.42. The SMILES string of the molecule is CCOc1ccc(NC(=O)C(C)n2nc(-c3c(C)nn(C)c3C)ccc2=O)cc1. The van der Waals surface area contributed by atoms with Gasteiger partial charge in [0.15, 0.2) is 0 Å². The Kier molecular flexibility index (Phi) is 5.81. The lowest BCUT2D eigenvalue weighted by molar-refractivity contribution is -0.119. The summed E-state index contributed by atoms with van der Waals surface area (Å²) in [5.41, 5.74) is 3.49. The first-order valence-electron chi connectivity index (χ1n) is 9.46. The second kappa shape index (κ2) is 8.30. The Morgan fingerprint density at radius 1 is 1.14 bits per heavy atom. The van der Waals surface area contributed by atoms with Gasteiger partial charge >= 0.3 is 0 Å². The molecular weight excluding hydrogens is 370 g/mol. The van der Waals surface area contributed by atoms with Crippen LogP contribution in [0.3, 0.4) is 0 Å². The van der Waals surface area contributed by atoms with Gasteiger partial charge in [0.2, 0.25) is 5.91 Å². The number of ether oxygens (including phenoxy) is 1. The van der Waals surface area contributed by atoms with Crippen LogP contribution in [0.25, 0.3) is 11.3 Å². The maximum Gasteiger partial charge on any atom is 0.267 e. The van der Waals surface area contributed by atoms with Crippen molar-refractivity contribution in [1.29, 1.82) is 0 Å². The van der Waals surface area contributed by atoms with E-state index in [-0.39, 0.29) is 11.5 Å². The van der Waals surface area contributed by atoms with Gasteiger partial charge in [-0.15, -0.1) is 0 Å². The minimum Gasteiger partial charge on any atom is -0.494 e. The van der Waals surface area contributed by atoms with Crippen LogP contribution in [-0.4, -0.2) is 32.1 Å². The molecule has 1 unspecified atom stereocenters. The van der Waals surface area contributed by atoms with E-state index in [9.17, 15) is 9.59 Å². The summed E-state index contributed by atoms with van der Waals surface area (Å²) in [5, 5.41) is 11.7. The Labute approximate surface area is 169 Å².